The molecule has 4 aromatic rings. The van der Waals surface area contributed by atoms with Gasteiger partial charge >= 0.3 is 6.29 Å². The Balaban J connectivity index is 1.31. The van der Waals surface area contributed by atoms with Gasteiger partial charge in [-0.25, -0.2) is 13.4 Å². The number of nitrogens with zero attached hydrogens (tertiary/aromatic N) is 5. The van der Waals surface area contributed by atoms with Gasteiger partial charge in [0.05, 0.1) is 17.0 Å². The van der Waals surface area contributed by atoms with Crippen LogP contribution in [-0.2, 0) is 10.0 Å². The summed E-state index contributed by atoms with van der Waals surface area (Å²) in [6, 6.07) is 8.58. The number of halogens is 3. The number of aromatic nitrogens is 4. The predicted molar refractivity (Wildman–Crippen MR) is 132 cm³/mol. The molecule has 2 aliphatic rings. The Bertz CT molecular complexity index is 1660. The monoisotopic (exact) mass is 563 g/mol. The van der Waals surface area contributed by atoms with Gasteiger partial charge in [-0.15, -0.1) is 8.78 Å². The lowest BCUT2D eigenvalue weighted by atomic mass is 10.1. The van der Waals surface area contributed by atoms with E-state index in [2.05, 4.69) is 19.4 Å². The molecule has 198 valence electrons. The largest absolute Gasteiger partial charge is 0.586 e. The normalized spacial score (nSPS) is 17.7. The summed E-state index contributed by atoms with van der Waals surface area (Å²) in [7, 11) is -2.45. The molecule has 0 saturated carbocycles. The molecule has 0 N–H and O–H groups in total. The maximum atomic E-state index is 13.4. The standard InChI is InChI=1S/C24H20ClF2N5O5S/c1-35-21-5-3-18-23(30-21)32(22(29-18)16-6-9-28-13-17(16)25)14-7-10-31(11-8-14)38(33,34)15-2-4-19-20(12-15)37-24(26,27)36-19/h2-6,9,12-14H,7-8,10-11H2,1H3. The molecule has 0 unspecified atom stereocenters. The molecule has 0 bridgehead atoms. The second-order valence-corrected chi connectivity index (χ2v) is 11.1. The number of alkyl halides is 2. The molecule has 5 heterocycles. The molecule has 1 fully saturated rings. The van der Waals surface area contributed by atoms with E-state index in [-0.39, 0.29) is 35.5 Å². The average molecular weight is 564 g/mol. The molecule has 0 atom stereocenters. The first kappa shape index (κ1) is 24.8. The van der Waals surface area contributed by atoms with Crippen LogP contribution in [0.3, 0.4) is 0 Å². The zero-order chi connectivity index (χ0) is 26.7. The van der Waals surface area contributed by atoms with Crippen molar-refractivity contribution in [1.82, 2.24) is 23.8 Å². The molecule has 3 aromatic heterocycles. The van der Waals surface area contributed by atoms with Crippen molar-refractivity contribution < 1.29 is 31.4 Å². The van der Waals surface area contributed by atoms with Gasteiger partial charge in [0, 0.05) is 49.2 Å². The van der Waals surface area contributed by atoms with Crippen LogP contribution in [0.1, 0.15) is 18.9 Å². The van der Waals surface area contributed by atoms with Gasteiger partial charge in [-0.3, -0.25) is 4.98 Å². The topological polar surface area (TPSA) is 109 Å². The first-order chi connectivity index (χ1) is 18.2. The zero-order valence-electron chi connectivity index (χ0n) is 19.8. The molecule has 0 amide bonds. The minimum Gasteiger partial charge on any atom is -0.481 e. The summed E-state index contributed by atoms with van der Waals surface area (Å²) in [4.78, 5) is 13.3. The van der Waals surface area contributed by atoms with E-state index in [9.17, 15) is 17.2 Å². The first-order valence-corrected chi connectivity index (χ1v) is 13.4. The number of sulfonamides is 1. The summed E-state index contributed by atoms with van der Waals surface area (Å²) in [6.45, 7) is 0.371. The fraction of sp³-hybridized carbons (Fsp3) is 0.292. The third kappa shape index (κ3) is 4.20. The minimum atomic E-state index is -3.97. The van der Waals surface area contributed by atoms with Crippen molar-refractivity contribution in [2.24, 2.45) is 0 Å². The number of ether oxygens (including phenoxy) is 3. The number of methoxy groups -OCH3 is 1. The lowest BCUT2D eigenvalue weighted by Crippen LogP contribution is -2.39. The van der Waals surface area contributed by atoms with Crippen molar-refractivity contribution in [2.75, 3.05) is 20.2 Å². The average Bonchev–Trinajstić information content (AvgIpc) is 3.43. The Morgan fingerprint density at radius 3 is 2.58 bits per heavy atom. The highest BCUT2D eigenvalue weighted by Crippen LogP contribution is 2.43. The van der Waals surface area contributed by atoms with Crippen molar-refractivity contribution in [2.45, 2.75) is 30.1 Å². The molecule has 14 heteroatoms. The minimum absolute atomic E-state index is 0.152. The molecule has 0 aliphatic carbocycles. The number of hydrogen-bond acceptors (Lipinski definition) is 8. The lowest BCUT2D eigenvalue weighted by molar-refractivity contribution is -0.286. The highest BCUT2D eigenvalue weighted by atomic mass is 35.5. The van der Waals surface area contributed by atoms with E-state index >= 15 is 0 Å². The highest BCUT2D eigenvalue weighted by molar-refractivity contribution is 7.89. The van der Waals surface area contributed by atoms with Crippen LogP contribution >= 0.6 is 11.6 Å². The molecule has 0 spiro atoms. The van der Waals surface area contributed by atoms with Crippen molar-refractivity contribution >= 4 is 32.8 Å². The number of pyridine rings is 2. The number of piperidine rings is 1. The number of benzene rings is 1. The van der Waals surface area contributed by atoms with Crippen molar-refractivity contribution in [3.05, 3.63) is 53.8 Å². The van der Waals surface area contributed by atoms with Crippen LogP contribution in [0, 0.1) is 0 Å². The lowest BCUT2D eigenvalue weighted by Gasteiger charge is -2.32. The van der Waals surface area contributed by atoms with Gasteiger partial charge < -0.3 is 18.8 Å². The van der Waals surface area contributed by atoms with E-state index in [1.165, 1.54) is 23.7 Å². The van der Waals surface area contributed by atoms with Gasteiger partial charge in [0.2, 0.25) is 15.9 Å². The van der Waals surface area contributed by atoms with Crippen LogP contribution in [0.15, 0.2) is 53.7 Å². The summed E-state index contributed by atoms with van der Waals surface area (Å²) in [5.74, 6) is 0.463. The van der Waals surface area contributed by atoms with Crippen LogP contribution < -0.4 is 14.2 Å². The molecule has 38 heavy (non-hydrogen) atoms. The SMILES string of the molecule is COc1ccc2nc(-c3ccncc3Cl)n(C3CCN(S(=O)(=O)c4ccc5c(c4)OC(F)(F)O5)CC3)c2n1. The van der Waals surface area contributed by atoms with Gasteiger partial charge in [-0.05, 0) is 37.1 Å². The Kier molecular flexibility index (Phi) is 5.89. The zero-order valence-corrected chi connectivity index (χ0v) is 21.4. The van der Waals surface area contributed by atoms with Crippen LogP contribution in [0.25, 0.3) is 22.6 Å². The fourth-order valence-corrected chi connectivity index (χ4v) is 6.43. The summed E-state index contributed by atoms with van der Waals surface area (Å²) < 4.78 is 70.9. The summed E-state index contributed by atoms with van der Waals surface area (Å²) in [6.07, 6.45) is 0.215. The maximum Gasteiger partial charge on any atom is 0.586 e. The Morgan fingerprint density at radius 2 is 1.84 bits per heavy atom. The number of hydrogen-bond donors (Lipinski definition) is 0. The van der Waals surface area contributed by atoms with Crippen LogP contribution in [0.5, 0.6) is 17.4 Å². The Hall–Kier alpha value is -3.55. The molecule has 1 saturated heterocycles. The first-order valence-electron chi connectivity index (χ1n) is 11.6. The molecular weight excluding hydrogens is 544 g/mol. The summed E-state index contributed by atoms with van der Waals surface area (Å²) in [5.41, 5.74) is 1.90. The molecule has 0 radical (unpaired) electrons. The van der Waals surface area contributed by atoms with Gasteiger partial charge in [0.15, 0.2) is 17.1 Å². The number of imidazole rings is 1. The van der Waals surface area contributed by atoms with Gasteiger partial charge in [0.1, 0.15) is 11.3 Å². The van der Waals surface area contributed by atoms with Gasteiger partial charge in [0.25, 0.3) is 0 Å². The second-order valence-electron chi connectivity index (χ2n) is 8.77. The summed E-state index contributed by atoms with van der Waals surface area (Å²) in [5, 5.41) is 0.421. The van der Waals surface area contributed by atoms with Crippen LogP contribution in [0.4, 0.5) is 8.78 Å². The number of fused-ring (bicyclic) bond motifs is 2. The molecule has 1 aromatic carbocycles. The third-order valence-electron chi connectivity index (χ3n) is 6.53. The summed E-state index contributed by atoms with van der Waals surface area (Å²) >= 11 is 6.45. The predicted octanol–water partition coefficient (Wildman–Crippen LogP) is 4.50. The van der Waals surface area contributed by atoms with E-state index in [4.69, 9.17) is 21.3 Å². The van der Waals surface area contributed by atoms with E-state index in [0.717, 1.165) is 12.1 Å². The van der Waals surface area contributed by atoms with E-state index in [0.29, 0.717) is 46.3 Å². The number of rotatable bonds is 5. The quantitative estimate of drug-likeness (QED) is 0.349. The molecule has 10 nitrogen and oxygen atoms in total. The van der Waals surface area contributed by atoms with Crippen LogP contribution in [0.2, 0.25) is 5.02 Å². The third-order valence-corrected chi connectivity index (χ3v) is 8.73. The highest BCUT2D eigenvalue weighted by Gasteiger charge is 2.44. The Morgan fingerprint density at radius 1 is 1.08 bits per heavy atom. The van der Waals surface area contributed by atoms with Crippen molar-refractivity contribution in [3.8, 4) is 28.8 Å². The molecule has 2 aliphatic heterocycles. The smallest absolute Gasteiger partial charge is 0.481 e. The van der Waals surface area contributed by atoms with E-state index in [1.807, 2.05) is 4.57 Å². The molecular formula is C24H20ClF2N5O5S. The van der Waals surface area contributed by atoms with E-state index < -0.39 is 16.3 Å². The Labute approximate surface area is 220 Å². The van der Waals surface area contributed by atoms with Crippen molar-refractivity contribution in [1.29, 1.82) is 0 Å². The maximum absolute atomic E-state index is 13.4. The van der Waals surface area contributed by atoms with Crippen molar-refractivity contribution in [3.63, 3.8) is 0 Å². The van der Waals surface area contributed by atoms with Gasteiger partial charge in [-0.2, -0.15) is 9.29 Å². The molecule has 6 rings (SSSR count). The second kappa shape index (κ2) is 9.03. The fourth-order valence-electron chi connectivity index (χ4n) is 4.74. The van der Waals surface area contributed by atoms with Gasteiger partial charge in [-0.1, -0.05) is 11.6 Å². The van der Waals surface area contributed by atoms with E-state index in [1.54, 1.807) is 24.4 Å². The van der Waals surface area contributed by atoms with Crippen LogP contribution in [-0.4, -0.2) is 58.7 Å².